The van der Waals surface area contributed by atoms with E-state index in [1.807, 2.05) is 29.6 Å². The smallest absolute Gasteiger partial charge is 0.303 e. The molecular formula is C13H13ClN2O2S. The number of thiazole rings is 1. The summed E-state index contributed by atoms with van der Waals surface area (Å²) in [5.74, 6) is -0.807. The fraction of sp³-hybridized carbons (Fsp3) is 0.231. The molecule has 0 aliphatic rings. The minimum atomic E-state index is -0.807. The fourth-order valence-corrected chi connectivity index (χ4v) is 2.50. The van der Waals surface area contributed by atoms with Crippen molar-refractivity contribution in [2.45, 2.75) is 19.4 Å². The summed E-state index contributed by atoms with van der Waals surface area (Å²) in [5, 5.41) is 15.2. The Morgan fingerprint density at radius 3 is 2.95 bits per heavy atom. The highest BCUT2D eigenvalue weighted by Crippen LogP contribution is 2.20. The van der Waals surface area contributed by atoms with Gasteiger partial charge in [-0.3, -0.25) is 4.79 Å². The molecule has 100 valence electrons. The molecule has 19 heavy (non-hydrogen) atoms. The highest BCUT2D eigenvalue weighted by atomic mass is 35.5. The third kappa shape index (κ3) is 4.22. The van der Waals surface area contributed by atoms with Crippen LogP contribution < -0.4 is 5.32 Å². The molecule has 0 saturated heterocycles. The van der Waals surface area contributed by atoms with Crippen molar-refractivity contribution in [3.63, 3.8) is 0 Å². The van der Waals surface area contributed by atoms with Crippen LogP contribution in [0.4, 0.5) is 5.13 Å². The Morgan fingerprint density at radius 2 is 2.21 bits per heavy atom. The first-order valence-electron chi connectivity index (χ1n) is 5.78. The minimum absolute atomic E-state index is 0.105. The second-order valence-corrected chi connectivity index (χ2v) is 5.25. The number of hydrogen-bond acceptors (Lipinski definition) is 4. The fourth-order valence-electron chi connectivity index (χ4n) is 1.55. The van der Waals surface area contributed by atoms with Crippen LogP contribution in [-0.4, -0.2) is 16.1 Å². The quantitative estimate of drug-likeness (QED) is 0.857. The van der Waals surface area contributed by atoms with Crippen molar-refractivity contribution in [3.05, 3.63) is 45.9 Å². The van der Waals surface area contributed by atoms with Crippen molar-refractivity contribution in [2.75, 3.05) is 5.32 Å². The molecule has 0 unspecified atom stereocenters. The lowest BCUT2D eigenvalue weighted by molar-refractivity contribution is -0.136. The molecule has 4 nitrogen and oxygen atoms in total. The van der Waals surface area contributed by atoms with Crippen molar-refractivity contribution < 1.29 is 9.90 Å². The number of carbonyl (C=O) groups is 1. The summed E-state index contributed by atoms with van der Waals surface area (Å²) in [6.45, 7) is 0.603. The zero-order valence-electron chi connectivity index (χ0n) is 10.1. The van der Waals surface area contributed by atoms with Gasteiger partial charge >= 0.3 is 5.97 Å². The van der Waals surface area contributed by atoms with Crippen molar-refractivity contribution in [2.24, 2.45) is 0 Å². The van der Waals surface area contributed by atoms with Gasteiger partial charge in [-0.25, -0.2) is 4.98 Å². The number of carboxylic acids is 1. The normalized spacial score (nSPS) is 10.4. The van der Waals surface area contributed by atoms with Gasteiger partial charge in [0.1, 0.15) is 0 Å². The Hall–Kier alpha value is -1.59. The molecule has 1 heterocycles. The third-order valence-corrected chi connectivity index (χ3v) is 3.75. The third-order valence-electron chi connectivity index (χ3n) is 2.53. The highest BCUT2D eigenvalue weighted by molar-refractivity contribution is 7.13. The molecule has 0 aliphatic carbocycles. The number of carboxylic acid groups (broad SMARTS) is 1. The summed E-state index contributed by atoms with van der Waals surface area (Å²) in [5.41, 5.74) is 1.81. The summed E-state index contributed by atoms with van der Waals surface area (Å²) in [7, 11) is 0. The number of anilines is 1. The lowest BCUT2D eigenvalue weighted by Gasteiger charge is -2.04. The highest BCUT2D eigenvalue weighted by Gasteiger charge is 2.05. The molecule has 0 saturated carbocycles. The van der Waals surface area contributed by atoms with E-state index in [4.69, 9.17) is 16.7 Å². The number of aliphatic carboxylic acids is 1. The molecule has 0 spiro atoms. The standard InChI is InChI=1S/C13H13ClN2O2S/c14-11-4-2-1-3-9(11)7-15-13-16-10(8-19-13)5-6-12(17)18/h1-4,8H,5-7H2,(H,15,16)(H,17,18). The van der Waals surface area contributed by atoms with E-state index in [0.717, 1.165) is 21.4 Å². The van der Waals surface area contributed by atoms with Crippen LogP contribution in [0.3, 0.4) is 0 Å². The first-order chi connectivity index (χ1) is 9.15. The van der Waals surface area contributed by atoms with E-state index in [9.17, 15) is 4.79 Å². The van der Waals surface area contributed by atoms with E-state index < -0.39 is 5.97 Å². The Morgan fingerprint density at radius 1 is 1.42 bits per heavy atom. The number of nitrogens with one attached hydrogen (secondary N) is 1. The first kappa shape index (κ1) is 13.8. The zero-order valence-corrected chi connectivity index (χ0v) is 11.7. The SMILES string of the molecule is O=C(O)CCc1csc(NCc2ccccc2Cl)n1. The molecule has 0 bridgehead atoms. The number of hydrogen-bond donors (Lipinski definition) is 2. The maximum Gasteiger partial charge on any atom is 0.303 e. The van der Waals surface area contributed by atoms with Gasteiger partial charge in [-0.05, 0) is 11.6 Å². The van der Waals surface area contributed by atoms with Gasteiger partial charge in [0.25, 0.3) is 0 Å². The molecule has 2 rings (SSSR count). The van der Waals surface area contributed by atoms with Crippen LogP contribution >= 0.6 is 22.9 Å². The largest absolute Gasteiger partial charge is 0.481 e. The van der Waals surface area contributed by atoms with E-state index in [-0.39, 0.29) is 6.42 Å². The van der Waals surface area contributed by atoms with Crippen LogP contribution in [0.1, 0.15) is 17.7 Å². The number of benzene rings is 1. The van der Waals surface area contributed by atoms with E-state index in [1.54, 1.807) is 0 Å². The second kappa shape index (κ2) is 6.54. The van der Waals surface area contributed by atoms with E-state index in [0.29, 0.717) is 13.0 Å². The van der Waals surface area contributed by atoms with E-state index in [2.05, 4.69) is 10.3 Å². The Labute approximate surface area is 120 Å². The summed E-state index contributed by atoms with van der Waals surface area (Å²) in [6, 6.07) is 7.62. The molecule has 0 fully saturated rings. The summed E-state index contributed by atoms with van der Waals surface area (Å²) < 4.78 is 0. The lowest BCUT2D eigenvalue weighted by atomic mass is 10.2. The van der Waals surface area contributed by atoms with Crippen molar-refractivity contribution in [1.29, 1.82) is 0 Å². The molecule has 2 aromatic rings. The Balaban J connectivity index is 1.90. The van der Waals surface area contributed by atoms with Gasteiger partial charge in [0, 0.05) is 23.4 Å². The topological polar surface area (TPSA) is 62.2 Å². The number of aryl methyl sites for hydroxylation is 1. The van der Waals surface area contributed by atoms with Crippen LogP contribution in [0, 0.1) is 0 Å². The van der Waals surface area contributed by atoms with Gasteiger partial charge in [-0.2, -0.15) is 0 Å². The monoisotopic (exact) mass is 296 g/mol. The average Bonchev–Trinajstić information content (AvgIpc) is 2.83. The molecule has 1 aromatic heterocycles. The molecule has 0 amide bonds. The second-order valence-electron chi connectivity index (χ2n) is 3.98. The van der Waals surface area contributed by atoms with Crippen molar-refractivity contribution in [1.82, 2.24) is 4.98 Å². The summed E-state index contributed by atoms with van der Waals surface area (Å²) in [4.78, 5) is 14.8. The van der Waals surface area contributed by atoms with Gasteiger partial charge in [0.15, 0.2) is 5.13 Å². The van der Waals surface area contributed by atoms with Crippen LogP contribution in [0.5, 0.6) is 0 Å². The van der Waals surface area contributed by atoms with Gasteiger partial charge in [0.05, 0.1) is 12.1 Å². The molecule has 2 N–H and O–H groups in total. The number of halogens is 1. The van der Waals surface area contributed by atoms with Crippen molar-refractivity contribution in [3.8, 4) is 0 Å². The Kier molecular flexibility index (Phi) is 4.76. The van der Waals surface area contributed by atoms with Gasteiger partial charge in [-0.1, -0.05) is 29.8 Å². The molecule has 0 radical (unpaired) electrons. The zero-order chi connectivity index (χ0) is 13.7. The van der Waals surface area contributed by atoms with E-state index >= 15 is 0 Å². The lowest BCUT2D eigenvalue weighted by Crippen LogP contribution is -2.01. The summed E-state index contributed by atoms with van der Waals surface area (Å²) >= 11 is 7.53. The average molecular weight is 297 g/mol. The van der Waals surface area contributed by atoms with Crippen molar-refractivity contribution >= 4 is 34.0 Å². The van der Waals surface area contributed by atoms with Crippen LogP contribution in [0.25, 0.3) is 0 Å². The van der Waals surface area contributed by atoms with Crippen LogP contribution in [-0.2, 0) is 17.8 Å². The van der Waals surface area contributed by atoms with Gasteiger partial charge in [0.2, 0.25) is 0 Å². The number of rotatable bonds is 6. The van der Waals surface area contributed by atoms with E-state index in [1.165, 1.54) is 11.3 Å². The molecule has 0 aliphatic heterocycles. The molecule has 0 atom stereocenters. The molecular weight excluding hydrogens is 284 g/mol. The summed E-state index contributed by atoms with van der Waals surface area (Å²) in [6.07, 6.45) is 0.563. The predicted octanol–water partition coefficient (Wildman–Crippen LogP) is 3.43. The maximum absolute atomic E-state index is 10.5. The Bertz CT molecular complexity index is 571. The van der Waals surface area contributed by atoms with Gasteiger partial charge < -0.3 is 10.4 Å². The number of nitrogens with zero attached hydrogens (tertiary/aromatic N) is 1. The number of aromatic nitrogens is 1. The minimum Gasteiger partial charge on any atom is -0.481 e. The van der Waals surface area contributed by atoms with Gasteiger partial charge in [-0.15, -0.1) is 11.3 Å². The first-order valence-corrected chi connectivity index (χ1v) is 7.04. The molecule has 6 heteroatoms. The van der Waals surface area contributed by atoms with Crippen LogP contribution in [0.2, 0.25) is 5.02 Å². The van der Waals surface area contributed by atoms with Crippen LogP contribution in [0.15, 0.2) is 29.6 Å². The molecule has 1 aromatic carbocycles. The predicted molar refractivity (Wildman–Crippen MR) is 76.8 cm³/mol. The maximum atomic E-state index is 10.5.